The number of nitrogens with one attached hydrogen (secondary N) is 1. The second kappa shape index (κ2) is 1.51. The lowest BCUT2D eigenvalue weighted by molar-refractivity contribution is 1.08. The Hall–Kier alpha value is -1.45. The van der Waals surface area contributed by atoms with Crippen LogP contribution in [0.5, 0.6) is 0 Å². The topological polar surface area (TPSA) is 54.5 Å². The van der Waals surface area contributed by atoms with E-state index in [0.29, 0.717) is 0 Å². The summed E-state index contributed by atoms with van der Waals surface area (Å²) < 4.78 is 0. The van der Waals surface area contributed by atoms with E-state index in [2.05, 4.69) is 20.4 Å². The monoisotopic (exact) mass is 120 g/mol. The van der Waals surface area contributed by atoms with E-state index in [1.54, 1.807) is 12.4 Å². The van der Waals surface area contributed by atoms with Crippen LogP contribution in [0.25, 0.3) is 11.0 Å². The molecule has 1 N–H and O–H groups in total. The summed E-state index contributed by atoms with van der Waals surface area (Å²) in [5, 5.41) is 14.0. The average Bonchev–Trinajstić information content (AvgIpc) is 2.33. The standard InChI is InChI=1S/C5H4N4/c1-2-6-9-5-3-7-8-4(1)5/h1-3H,(H,7,8). The molecule has 2 aromatic rings. The van der Waals surface area contributed by atoms with Gasteiger partial charge in [0.25, 0.3) is 0 Å². The van der Waals surface area contributed by atoms with Crippen molar-refractivity contribution in [2.75, 3.05) is 0 Å². The summed E-state index contributed by atoms with van der Waals surface area (Å²) >= 11 is 0. The zero-order chi connectivity index (χ0) is 6.10. The van der Waals surface area contributed by atoms with Gasteiger partial charge in [-0.25, -0.2) is 0 Å². The molecule has 0 fully saturated rings. The van der Waals surface area contributed by atoms with E-state index in [9.17, 15) is 0 Å². The van der Waals surface area contributed by atoms with Crippen LogP contribution in [0, 0.1) is 0 Å². The van der Waals surface area contributed by atoms with E-state index in [0.717, 1.165) is 11.0 Å². The summed E-state index contributed by atoms with van der Waals surface area (Å²) in [6.07, 6.45) is 3.27. The molecule has 4 heteroatoms. The highest BCUT2D eigenvalue weighted by molar-refractivity contribution is 5.71. The van der Waals surface area contributed by atoms with E-state index in [1.165, 1.54) is 0 Å². The third-order valence-electron chi connectivity index (χ3n) is 1.12. The van der Waals surface area contributed by atoms with Gasteiger partial charge in [0.15, 0.2) is 0 Å². The number of fused-ring (bicyclic) bond motifs is 1. The molecule has 0 amide bonds. The van der Waals surface area contributed by atoms with Crippen molar-refractivity contribution in [2.24, 2.45) is 0 Å². The summed E-state index contributed by atoms with van der Waals surface area (Å²) in [5.74, 6) is 0. The molecule has 2 aromatic heterocycles. The minimum atomic E-state index is 0.803. The summed E-state index contributed by atoms with van der Waals surface area (Å²) in [4.78, 5) is 0. The van der Waals surface area contributed by atoms with Gasteiger partial charge in [0.05, 0.1) is 17.9 Å². The van der Waals surface area contributed by atoms with Crippen molar-refractivity contribution in [1.29, 1.82) is 0 Å². The van der Waals surface area contributed by atoms with Gasteiger partial charge in [-0.2, -0.15) is 10.2 Å². The zero-order valence-corrected chi connectivity index (χ0v) is 4.57. The first-order valence-corrected chi connectivity index (χ1v) is 2.57. The molecule has 9 heavy (non-hydrogen) atoms. The summed E-state index contributed by atoms with van der Waals surface area (Å²) in [6.45, 7) is 0. The molecule has 0 aromatic carbocycles. The van der Waals surface area contributed by atoms with Crippen molar-refractivity contribution in [2.45, 2.75) is 0 Å². The Morgan fingerprint density at radius 1 is 1.44 bits per heavy atom. The maximum Gasteiger partial charge on any atom is 0.131 e. The predicted octanol–water partition coefficient (Wildman–Crippen LogP) is 0.353. The number of hydrogen-bond donors (Lipinski definition) is 1. The highest BCUT2D eigenvalue weighted by Gasteiger charge is 1.91. The van der Waals surface area contributed by atoms with Crippen molar-refractivity contribution in [3.05, 3.63) is 18.5 Å². The maximum absolute atomic E-state index is 3.80. The highest BCUT2D eigenvalue weighted by Crippen LogP contribution is 2.01. The fourth-order valence-corrected chi connectivity index (χ4v) is 0.696. The zero-order valence-electron chi connectivity index (χ0n) is 4.57. The first-order chi connectivity index (χ1) is 4.47. The molecule has 0 saturated heterocycles. The third kappa shape index (κ3) is 0.561. The van der Waals surface area contributed by atoms with Crippen molar-refractivity contribution < 1.29 is 0 Å². The van der Waals surface area contributed by atoms with Crippen LogP contribution in [0.15, 0.2) is 18.5 Å². The Balaban J connectivity index is 2.95. The molecule has 0 atom stereocenters. The van der Waals surface area contributed by atoms with E-state index < -0.39 is 0 Å². The smallest absolute Gasteiger partial charge is 0.131 e. The van der Waals surface area contributed by atoms with Gasteiger partial charge in [0, 0.05) is 0 Å². The van der Waals surface area contributed by atoms with E-state index in [1.807, 2.05) is 6.07 Å². The van der Waals surface area contributed by atoms with Gasteiger partial charge in [-0.3, -0.25) is 5.10 Å². The van der Waals surface area contributed by atoms with Gasteiger partial charge in [0.2, 0.25) is 0 Å². The summed E-state index contributed by atoms with van der Waals surface area (Å²) in [6, 6.07) is 1.83. The Kier molecular flexibility index (Phi) is 0.745. The fraction of sp³-hybridized carbons (Fsp3) is 0. The molecular formula is C5H4N4. The van der Waals surface area contributed by atoms with Gasteiger partial charge in [0.1, 0.15) is 5.52 Å². The van der Waals surface area contributed by atoms with Crippen LogP contribution in [0.3, 0.4) is 0 Å². The normalized spacial score (nSPS) is 10.2. The highest BCUT2D eigenvalue weighted by atomic mass is 15.2. The van der Waals surface area contributed by atoms with Crippen LogP contribution in [0.4, 0.5) is 0 Å². The number of hydrogen-bond acceptors (Lipinski definition) is 3. The molecule has 0 aliphatic rings. The molecule has 2 heterocycles. The van der Waals surface area contributed by atoms with E-state index >= 15 is 0 Å². The number of H-pyrrole nitrogens is 1. The van der Waals surface area contributed by atoms with Gasteiger partial charge >= 0.3 is 0 Å². The molecule has 0 saturated carbocycles. The summed E-state index contributed by atoms with van der Waals surface area (Å²) in [5.41, 5.74) is 1.72. The molecule has 0 bridgehead atoms. The van der Waals surface area contributed by atoms with Crippen LogP contribution in [0.2, 0.25) is 0 Å². The molecule has 2 rings (SSSR count). The second-order valence-electron chi connectivity index (χ2n) is 1.70. The molecule has 0 spiro atoms. The number of aromatic amines is 1. The molecule has 0 radical (unpaired) electrons. The fourth-order valence-electron chi connectivity index (χ4n) is 0.696. The number of nitrogens with zero attached hydrogens (tertiary/aromatic N) is 3. The van der Waals surface area contributed by atoms with Gasteiger partial charge < -0.3 is 0 Å². The van der Waals surface area contributed by atoms with Crippen molar-refractivity contribution >= 4 is 11.0 Å². The minimum Gasteiger partial charge on any atom is -0.276 e. The van der Waals surface area contributed by atoms with Gasteiger partial charge in [-0.1, -0.05) is 0 Å². The van der Waals surface area contributed by atoms with Crippen LogP contribution in [0.1, 0.15) is 0 Å². The lowest BCUT2D eigenvalue weighted by Crippen LogP contribution is -1.76. The Labute approximate surface area is 50.9 Å². The molecular weight excluding hydrogens is 116 g/mol. The predicted molar refractivity (Wildman–Crippen MR) is 31.7 cm³/mol. The third-order valence-corrected chi connectivity index (χ3v) is 1.12. The first kappa shape index (κ1) is 4.43. The van der Waals surface area contributed by atoms with Crippen molar-refractivity contribution in [3.63, 3.8) is 0 Å². The number of aromatic nitrogens is 4. The van der Waals surface area contributed by atoms with Crippen LogP contribution < -0.4 is 0 Å². The Morgan fingerprint density at radius 3 is 3.33 bits per heavy atom. The largest absolute Gasteiger partial charge is 0.276 e. The first-order valence-electron chi connectivity index (χ1n) is 2.57. The SMILES string of the molecule is c1cc2[nH]ncc2nn1. The van der Waals surface area contributed by atoms with Crippen LogP contribution >= 0.6 is 0 Å². The molecule has 0 aliphatic carbocycles. The lowest BCUT2D eigenvalue weighted by Gasteiger charge is -1.79. The molecule has 0 aliphatic heterocycles. The molecule has 0 unspecified atom stereocenters. The molecule has 44 valence electrons. The quantitative estimate of drug-likeness (QED) is 0.545. The second-order valence-corrected chi connectivity index (χ2v) is 1.70. The average molecular weight is 120 g/mol. The lowest BCUT2D eigenvalue weighted by atomic mass is 10.4. The van der Waals surface area contributed by atoms with Gasteiger partial charge in [-0.05, 0) is 6.07 Å². The van der Waals surface area contributed by atoms with Crippen LogP contribution in [-0.2, 0) is 0 Å². The van der Waals surface area contributed by atoms with Gasteiger partial charge in [-0.15, -0.1) is 5.10 Å². The molecule has 4 nitrogen and oxygen atoms in total. The maximum atomic E-state index is 3.80. The van der Waals surface area contributed by atoms with E-state index in [4.69, 9.17) is 0 Å². The number of rotatable bonds is 0. The van der Waals surface area contributed by atoms with Crippen LogP contribution in [-0.4, -0.2) is 20.4 Å². The Morgan fingerprint density at radius 2 is 2.44 bits per heavy atom. The minimum absolute atomic E-state index is 0.803. The van der Waals surface area contributed by atoms with E-state index in [-0.39, 0.29) is 0 Å². The summed E-state index contributed by atoms with van der Waals surface area (Å²) in [7, 11) is 0. The van der Waals surface area contributed by atoms with Crippen molar-refractivity contribution in [1.82, 2.24) is 20.4 Å². The van der Waals surface area contributed by atoms with Crippen molar-refractivity contribution in [3.8, 4) is 0 Å². The Bertz CT molecular complexity index is 283.